The van der Waals surface area contributed by atoms with Crippen molar-refractivity contribution in [3.05, 3.63) is 0 Å². The molecule has 0 spiro atoms. The van der Waals surface area contributed by atoms with Gasteiger partial charge in [-0.25, -0.2) is 0 Å². The maximum atomic E-state index is 11.5. The molecule has 15 heavy (non-hydrogen) atoms. The van der Waals surface area contributed by atoms with Gasteiger partial charge in [0.1, 0.15) is 0 Å². The fourth-order valence-electron chi connectivity index (χ4n) is 1.97. The van der Waals surface area contributed by atoms with Gasteiger partial charge in [-0.3, -0.25) is 4.79 Å². The monoisotopic (exact) mass is 275 g/mol. The molecule has 0 aromatic heterocycles. The van der Waals surface area contributed by atoms with Crippen molar-refractivity contribution in [3.8, 4) is 0 Å². The lowest BCUT2D eigenvalue weighted by Crippen LogP contribution is -2.35. The van der Waals surface area contributed by atoms with Gasteiger partial charge in [-0.05, 0) is 31.6 Å². The highest BCUT2D eigenvalue weighted by Gasteiger charge is 2.16. The lowest BCUT2D eigenvalue weighted by atomic mass is 10.1. The van der Waals surface area contributed by atoms with Crippen molar-refractivity contribution < 1.29 is 4.79 Å². The number of amides is 1. The Morgan fingerprint density at radius 1 is 1.40 bits per heavy atom. The lowest BCUT2D eigenvalue weighted by Gasteiger charge is -2.26. The highest BCUT2D eigenvalue weighted by Crippen LogP contribution is 2.14. The third-order valence-electron chi connectivity index (χ3n) is 3.06. The van der Waals surface area contributed by atoms with E-state index in [0.29, 0.717) is 5.91 Å². The third-order valence-corrected chi connectivity index (χ3v) is 4.17. The number of rotatable bonds is 6. The van der Waals surface area contributed by atoms with E-state index in [-0.39, 0.29) is 0 Å². The van der Waals surface area contributed by atoms with E-state index in [9.17, 15) is 4.79 Å². The van der Waals surface area contributed by atoms with Crippen molar-refractivity contribution in [2.45, 2.75) is 45.4 Å². The van der Waals surface area contributed by atoms with Gasteiger partial charge in [-0.15, -0.1) is 0 Å². The molecule has 1 unspecified atom stereocenters. The summed E-state index contributed by atoms with van der Waals surface area (Å²) in [6, 6.07) is 0. The number of carbonyl (C=O) groups is 1. The molecule has 0 radical (unpaired) electrons. The first-order valence-corrected chi connectivity index (χ1v) is 7.20. The second-order valence-electron chi connectivity index (χ2n) is 4.59. The van der Waals surface area contributed by atoms with Crippen LogP contribution in [0.3, 0.4) is 0 Å². The van der Waals surface area contributed by atoms with Gasteiger partial charge in [0.2, 0.25) is 5.91 Å². The van der Waals surface area contributed by atoms with Crippen LogP contribution in [-0.4, -0.2) is 29.2 Å². The van der Waals surface area contributed by atoms with E-state index in [1.807, 2.05) is 4.90 Å². The summed E-state index contributed by atoms with van der Waals surface area (Å²) in [4.78, 5) is 13.5. The minimum atomic E-state index is 0.370. The quantitative estimate of drug-likeness (QED) is 0.539. The Morgan fingerprint density at radius 3 is 2.87 bits per heavy atom. The van der Waals surface area contributed by atoms with E-state index in [4.69, 9.17) is 0 Å². The summed E-state index contributed by atoms with van der Waals surface area (Å²) in [6.45, 7) is 4.24. The number of alkyl halides is 1. The number of nitrogens with zero attached hydrogens (tertiary/aromatic N) is 1. The smallest absolute Gasteiger partial charge is 0.222 e. The predicted molar refractivity (Wildman–Crippen MR) is 67.2 cm³/mol. The maximum absolute atomic E-state index is 11.5. The van der Waals surface area contributed by atoms with Crippen LogP contribution in [0.2, 0.25) is 0 Å². The zero-order chi connectivity index (χ0) is 11.1. The van der Waals surface area contributed by atoms with Crippen LogP contribution in [0.15, 0.2) is 0 Å². The van der Waals surface area contributed by atoms with Gasteiger partial charge >= 0.3 is 0 Å². The topological polar surface area (TPSA) is 20.3 Å². The highest BCUT2D eigenvalue weighted by atomic mass is 79.9. The van der Waals surface area contributed by atoms with Gasteiger partial charge in [0.25, 0.3) is 0 Å². The molecule has 1 rings (SSSR count). The zero-order valence-electron chi connectivity index (χ0n) is 9.67. The summed E-state index contributed by atoms with van der Waals surface area (Å²) in [6.07, 6.45) is 6.75. The largest absolute Gasteiger partial charge is 0.343 e. The Labute approximate surface area is 102 Å². The molecule has 1 heterocycles. The Hall–Kier alpha value is -0.0500. The van der Waals surface area contributed by atoms with Crippen molar-refractivity contribution in [1.29, 1.82) is 0 Å². The molecular formula is C12H22BrNO. The van der Waals surface area contributed by atoms with Gasteiger partial charge in [0.05, 0.1) is 0 Å². The third kappa shape index (κ3) is 5.01. The van der Waals surface area contributed by atoms with Gasteiger partial charge < -0.3 is 4.90 Å². The molecule has 0 saturated carbocycles. The van der Waals surface area contributed by atoms with E-state index in [2.05, 4.69) is 22.9 Å². The molecule has 0 bridgehead atoms. The zero-order valence-corrected chi connectivity index (χ0v) is 11.3. The van der Waals surface area contributed by atoms with Crippen LogP contribution in [0, 0.1) is 5.92 Å². The molecule has 0 aromatic rings. The average molecular weight is 276 g/mol. The van der Waals surface area contributed by atoms with Crippen LogP contribution in [0.25, 0.3) is 0 Å². The van der Waals surface area contributed by atoms with Crippen LogP contribution >= 0.6 is 15.9 Å². The summed E-state index contributed by atoms with van der Waals surface area (Å²) in [7, 11) is 0. The molecule has 0 aromatic carbocycles. The maximum Gasteiger partial charge on any atom is 0.222 e. The van der Waals surface area contributed by atoms with E-state index < -0.39 is 0 Å². The summed E-state index contributed by atoms with van der Waals surface area (Å²) in [5.41, 5.74) is 0. The first-order valence-electron chi connectivity index (χ1n) is 6.07. The van der Waals surface area contributed by atoms with Gasteiger partial charge in [0, 0.05) is 24.8 Å². The number of likely N-dealkylation sites (tertiary alicyclic amines) is 1. The minimum Gasteiger partial charge on any atom is -0.343 e. The molecule has 1 fully saturated rings. The molecule has 0 aliphatic carbocycles. The van der Waals surface area contributed by atoms with Crippen LogP contribution in [-0.2, 0) is 4.79 Å². The highest BCUT2D eigenvalue weighted by molar-refractivity contribution is 9.09. The molecule has 1 amide bonds. The van der Waals surface area contributed by atoms with Gasteiger partial charge in [-0.2, -0.15) is 0 Å². The first kappa shape index (κ1) is 13.0. The molecule has 1 atom stereocenters. The van der Waals surface area contributed by atoms with Crippen molar-refractivity contribution >= 4 is 21.8 Å². The molecule has 1 aliphatic heterocycles. The van der Waals surface area contributed by atoms with Crippen LogP contribution < -0.4 is 0 Å². The SMILES string of the molecule is CC(CBr)CCCCN1CCCCC1=O. The van der Waals surface area contributed by atoms with Crippen LogP contribution in [0.1, 0.15) is 45.4 Å². The number of piperidine rings is 1. The fraction of sp³-hybridized carbons (Fsp3) is 0.917. The molecule has 0 N–H and O–H groups in total. The number of hydrogen-bond donors (Lipinski definition) is 0. The molecular weight excluding hydrogens is 254 g/mol. The van der Waals surface area contributed by atoms with Gasteiger partial charge in [-0.1, -0.05) is 29.3 Å². The Bertz CT molecular complexity index is 196. The van der Waals surface area contributed by atoms with Crippen molar-refractivity contribution in [2.24, 2.45) is 5.92 Å². The molecule has 3 heteroatoms. The Balaban J connectivity index is 2.06. The van der Waals surface area contributed by atoms with Crippen LogP contribution in [0.4, 0.5) is 0 Å². The minimum absolute atomic E-state index is 0.370. The van der Waals surface area contributed by atoms with E-state index in [1.54, 1.807) is 0 Å². The lowest BCUT2D eigenvalue weighted by molar-refractivity contribution is -0.133. The Morgan fingerprint density at radius 2 is 2.20 bits per heavy atom. The summed E-state index contributed by atoms with van der Waals surface area (Å²) in [5.74, 6) is 1.14. The number of unbranched alkanes of at least 4 members (excludes halogenated alkanes) is 1. The molecule has 2 nitrogen and oxygen atoms in total. The van der Waals surface area contributed by atoms with Crippen molar-refractivity contribution in [1.82, 2.24) is 4.90 Å². The van der Waals surface area contributed by atoms with Gasteiger partial charge in [0.15, 0.2) is 0 Å². The molecule has 88 valence electrons. The van der Waals surface area contributed by atoms with Crippen molar-refractivity contribution in [2.75, 3.05) is 18.4 Å². The average Bonchev–Trinajstić information content (AvgIpc) is 2.26. The number of hydrogen-bond acceptors (Lipinski definition) is 1. The van der Waals surface area contributed by atoms with Crippen molar-refractivity contribution in [3.63, 3.8) is 0 Å². The summed E-state index contributed by atoms with van der Waals surface area (Å²) >= 11 is 3.49. The number of carbonyl (C=O) groups excluding carboxylic acids is 1. The van der Waals surface area contributed by atoms with E-state index in [1.165, 1.54) is 25.7 Å². The second kappa shape index (κ2) is 7.26. The van der Waals surface area contributed by atoms with E-state index in [0.717, 1.165) is 37.2 Å². The van der Waals surface area contributed by atoms with Crippen LogP contribution in [0.5, 0.6) is 0 Å². The van der Waals surface area contributed by atoms with E-state index >= 15 is 0 Å². The predicted octanol–water partition coefficient (Wildman–Crippen LogP) is 3.20. The fourth-order valence-corrected chi connectivity index (χ4v) is 2.29. The normalized spacial score (nSPS) is 19.3. The first-order chi connectivity index (χ1) is 7.24. The second-order valence-corrected chi connectivity index (χ2v) is 5.24. The standard InChI is InChI=1S/C12H22BrNO/c1-11(10-13)6-2-4-8-14-9-5-3-7-12(14)15/h11H,2-10H2,1H3. The number of halogens is 1. The molecule has 1 aliphatic rings. The molecule has 1 saturated heterocycles. The Kier molecular flexibility index (Phi) is 6.30. The summed E-state index contributed by atoms with van der Waals surface area (Å²) < 4.78 is 0. The summed E-state index contributed by atoms with van der Waals surface area (Å²) in [5, 5.41) is 1.09.